The number of ether oxygens (including phenoxy) is 2. The predicted molar refractivity (Wildman–Crippen MR) is 76.5 cm³/mol. The molecule has 0 fully saturated rings. The van der Waals surface area contributed by atoms with Gasteiger partial charge in [0.2, 0.25) is 0 Å². The normalized spacial score (nSPS) is 12.3. The lowest BCUT2D eigenvalue weighted by atomic mass is 10.0. The minimum absolute atomic E-state index is 0.290. The first-order valence-corrected chi connectivity index (χ1v) is 6.52. The first-order valence-electron chi connectivity index (χ1n) is 5.73. The number of aryl methyl sites for hydroxylation is 1. The van der Waals surface area contributed by atoms with E-state index in [-0.39, 0.29) is 6.04 Å². The maximum Gasteiger partial charge on any atom is 0.161 e. The summed E-state index contributed by atoms with van der Waals surface area (Å²) in [4.78, 5) is 0. The third kappa shape index (κ3) is 2.59. The molecule has 0 aliphatic carbocycles. The second-order valence-corrected chi connectivity index (χ2v) is 4.95. The van der Waals surface area contributed by atoms with Gasteiger partial charge in [0, 0.05) is 7.05 Å². The summed E-state index contributed by atoms with van der Waals surface area (Å²) in [5, 5.41) is 4.17. The van der Waals surface area contributed by atoms with Crippen molar-refractivity contribution in [3.8, 4) is 11.5 Å². The molecule has 102 valence electrons. The zero-order valence-corrected chi connectivity index (χ0v) is 12.6. The Kier molecular flexibility index (Phi) is 4.11. The smallest absolute Gasteiger partial charge is 0.161 e. The molecule has 1 aromatic carbocycles. The largest absolute Gasteiger partial charge is 0.493 e. The van der Waals surface area contributed by atoms with Gasteiger partial charge in [-0.05, 0) is 33.6 Å². The number of hydrogen-bond donors (Lipinski definition) is 1. The van der Waals surface area contributed by atoms with E-state index in [1.807, 2.05) is 25.2 Å². The highest BCUT2D eigenvalue weighted by Crippen LogP contribution is 2.32. The zero-order valence-electron chi connectivity index (χ0n) is 11.1. The molecule has 1 aromatic heterocycles. The van der Waals surface area contributed by atoms with Crippen molar-refractivity contribution in [2.45, 2.75) is 6.04 Å². The van der Waals surface area contributed by atoms with Gasteiger partial charge < -0.3 is 15.2 Å². The minimum Gasteiger partial charge on any atom is -0.493 e. The molecule has 2 rings (SSSR count). The fourth-order valence-electron chi connectivity index (χ4n) is 1.97. The van der Waals surface area contributed by atoms with Crippen molar-refractivity contribution >= 4 is 15.9 Å². The SMILES string of the molecule is COc1ccc(C(N)c2c(Br)cnn2C)cc1OC. The molecule has 19 heavy (non-hydrogen) atoms. The average Bonchev–Trinajstić information content (AvgIpc) is 2.76. The van der Waals surface area contributed by atoms with Crippen LogP contribution in [0, 0.1) is 0 Å². The van der Waals surface area contributed by atoms with Gasteiger partial charge in [-0.15, -0.1) is 0 Å². The molecule has 2 aromatic rings. The molecule has 6 heteroatoms. The first-order chi connectivity index (χ1) is 9.08. The maximum absolute atomic E-state index is 6.29. The van der Waals surface area contributed by atoms with Crippen molar-refractivity contribution in [3.63, 3.8) is 0 Å². The van der Waals surface area contributed by atoms with Crippen LogP contribution in [0.25, 0.3) is 0 Å². The van der Waals surface area contributed by atoms with E-state index < -0.39 is 0 Å². The number of nitrogens with two attached hydrogens (primary N) is 1. The van der Waals surface area contributed by atoms with Gasteiger partial charge >= 0.3 is 0 Å². The minimum atomic E-state index is -0.290. The van der Waals surface area contributed by atoms with Crippen LogP contribution >= 0.6 is 15.9 Å². The summed E-state index contributed by atoms with van der Waals surface area (Å²) >= 11 is 3.46. The van der Waals surface area contributed by atoms with Gasteiger partial charge in [-0.2, -0.15) is 5.10 Å². The molecule has 2 N–H and O–H groups in total. The van der Waals surface area contributed by atoms with Crippen molar-refractivity contribution < 1.29 is 9.47 Å². The number of halogens is 1. The van der Waals surface area contributed by atoms with Crippen LogP contribution in [0.4, 0.5) is 0 Å². The molecule has 0 saturated heterocycles. The van der Waals surface area contributed by atoms with Gasteiger partial charge in [-0.3, -0.25) is 4.68 Å². The summed E-state index contributed by atoms with van der Waals surface area (Å²) in [5.74, 6) is 1.34. The highest BCUT2D eigenvalue weighted by molar-refractivity contribution is 9.10. The molecule has 0 aliphatic rings. The Labute approximate surface area is 120 Å². The quantitative estimate of drug-likeness (QED) is 0.936. The van der Waals surface area contributed by atoms with Gasteiger partial charge in [0.25, 0.3) is 0 Å². The lowest BCUT2D eigenvalue weighted by Crippen LogP contribution is -2.16. The van der Waals surface area contributed by atoms with E-state index in [4.69, 9.17) is 15.2 Å². The van der Waals surface area contributed by atoms with E-state index >= 15 is 0 Å². The van der Waals surface area contributed by atoms with E-state index in [1.165, 1.54) is 0 Å². The molecule has 0 bridgehead atoms. The van der Waals surface area contributed by atoms with Crippen LogP contribution in [0.15, 0.2) is 28.9 Å². The molecule has 0 spiro atoms. The number of nitrogens with zero attached hydrogens (tertiary/aromatic N) is 2. The topological polar surface area (TPSA) is 62.3 Å². The molecule has 0 radical (unpaired) electrons. The van der Waals surface area contributed by atoms with Crippen molar-refractivity contribution in [2.75, 3.05) is 14.2 Å². The Morgan fingerprint density at radius 3 is 2.47 bits per heavy atom. The van der Waals surface area contributed by atoms with Crippen LogP contribution in [-0.4, -0.2) is 24.0 Å². The Hall–Kier alpha value is -1.53. The fourth-order valence-corrected chi connectivity index (χ4v) is 2.57. The Morgan fingerprint density at radius 2 is 1.95 bits per heavy atom. The van der Waals surface area contributed by atoms with Crippen molar-refractivity contribution in [1.29, 1.82) is 0 Å². The van der Waals surface area contributed by atoms with Crippen LogP contribution < -0.4 is 15.2 Å². The van der Waals surface area contributed by atoms with Gasteiger partial charge in [0.05, 0.1) is 36.6 Å². The number of aromatic nitrogens is 2. The second-order valence-electron chi connectivity index (χ2n) is 4.09. The monoisotopic (exact) mass is 325 g/mol. The maximum atomic E-state index is 6.29. The Balaban J connectivity index is 2.42. The van der Waals surface area contributed by atoms with E-state index in [0.717, 1.165) is 15.7 Å². The van der Waals surface area contributed by atoms with Crippen LogP contribution in [0.2, 0.25) is 0 Å². The summed E-state index contributed by atoms with van der Waals surface area (Å²) in [6.45, 7) is 0. The molecular formula is C13H16BrN3O2. The third-order valence-corrected chi connectivity index (χ3v) is 3.61. The van der Waals surface area contributed by atoms with Gasteiger partial charge in [-0.25, -0.2) is 0 Å². The summed E-state index contributed by atoms with van der Waals surface area (Å²) in [5.41, 5.74) is 8.13. The van der Waals surface area contributed by atoms with Gasteiger partial charge in [0.15, 0.2) is 11.5 Å². The first kappa shape index (κ1) is 13.9. The van der Waals surface area contributed by atoms with Crippen LogP contribution in [0.5, 0.6) is 11.5 Å². The number of methoxy groups -OCH3 is 2. The standard InChI is InChI=1S/C13H16BrN3O2/c1-17-13(9(14)7-16-17)12(15)8-4-5-10(18-2)11(6-8)19-3/h4-7,12H,15H2,1-3H3. The molecule has 0 saturated carbocycles. The lowest BCUT2D eigenvalue weighted by Gasteiger charge is -2.16. The molecule has 0 aliphatic heterocycles. The highest BCUT2D eigenvalue weighted by atomic mass is 79.9. The molecule has 1 heterocycles. The molecule has 0 amide bonds. The highest BCUT2D eigenvalue weighted by Gasteiger charge is 2.18. The second kappa shape index (κ2) is 5.63. The predicted octanol–water partition coefficient (Wildman–Crippen LogP) is 2.25. The number of rotatable bonds is 4. The fraction of sp³-hybridized carbons (Fsp3) is 0.308. The average molecular weight is 326 g/mol. The molecule has 5 nitrogen and oxygen atoms in total. The van der Waals surface area contributed by atoms with E-state index in [1.54, 1.807) is 25.1 Å². The van der Waals surface area contributed by atoms with Gasteiger partial charge in [-0.1, -0.05) is 6.07 Å². The summed E-state index contributed by atoms with van der Waals surface area (Å²) in [6, 6.07) is 5.36. The zero-order chi connectivity index (χ0) is 14.0. The van der Waals surface area contributed by atoms with Crippen molar-refractivity contribution in [1.82, 2.24) is 9.78 Å². The lowest BCUT2D eigenvalue weighted by molar-refractivity contribution is 0.354. The molecule has 1 unspecified atom stereocenters. The molecule has 1 atom stereocenters. The van der Waals surface area contributed by atoms with E-state index in [2.05, 4.69) is 21.0 Å². The Morgan fingerprint density at radius 1 is 1.26 bits per heavy atom. The molecular weight excluding hydrogens is 310 g/mol. The van der Waals surface area contributed by atoms with Crippen LogP contribution in [0.3, 0.4) is 0 Å². The van der Waals surface area contributed by atoms with Crippen LogP contribution in [0.1, 0.15) is 17.3 Å². The van der Waals surface area contributed by atoms with Gasteiger partial charge in [0.1, 0.15) is 0 Å². The van der Waals surface area contributed by atoms with Crippen LogP contribution in [-0.2, 0) is 7.05 Å². The number of benzene rings is 1. The van der Waals surface area contributed by atoms with E-state index in [0.29, 0.717) is 11.5 Å². The number of hydrogen-bond acceptors (Lipinski definition) is 4. The van der Waals surface area contributed by atoms with Crippen molar-refractivity contribution in [2.24, 2.45) is 12.8 Å². The summed E-state index contributed by atoms with van der Waals surface area (Å²) in [6.07, 6.45) is 1.73. The van der Waals surface area contributed by atoms with E-state index in [9.17, 15) is 0 Å². The summed E-state index contributed by atoms with van der Waals surface area (Å²) < 4.78 is 13.1. The third-order valence-electron chi connectivity index (χ3n) is 3.00. The summed E-state index contributed by atoms with van der Waals surface area (Å²) in [7, 11) is 5.07. The Bertz CT molecular complexity index is 564. The van der Waals surface area contributed by atoms with Crippen molar-refractivity contribution in [3.05, 3.63) is 40.1 Å².